The van der Waals surface area contributed by atoms with E-state index in [0.29, 0.717) is 0 Å². The fraction of sp³-hybridized carbons (Fsp3) is 0.133. The predicted octanol–water partition coefficient (Wildman–Crippen LogP) is 3.25. The smallest absolute Gasteiger partial charge is 0.254 e. The molecule has 1 amide bonds. The number of benzene rings is 2. The number of hydrogen-bond donors (Lipinski definition) is 2. The summed E-state index contributed by atoms with van der Waals surface area (Å²) < 4.78 is 13.5. The molecule has 0 aliphatic heterocycles. The van der Waals surface area contributed by atoms with Crippen LogP contribution in [0.5, 0.6) is 0 Å². The molecule has 122 valence electrons. The van der Waals surface area contributed by atoms with Crippen LogP contribution in [-0.4, -0.2) is 12.1 Å². The lowest BCUT2D eigenvalue weighted by Crippen LogP contribution is -2.39. The molecule has 0 radical (unpaired) electrons. The second-order valence-electron chi connectivity index (χ2n) is 4.59. The zero-order chi connectivity index (χ0) is 16.8. The van der Waals surface area contributed by atoms with Gasteiger partial charge in [0.15, 0.2) is 6.23 Å². The Hall–Kier alpha value is -1.70. The van der Waals surface area contributed by atoms with Crippen LogP contribution in [0.2, 0.25) is 10.0 Å². The fourth-order valence-corrected chi connectivity index (χ4v) is 2.39. The number of rotatable bonds is 6. The summed E-state index contributed by atoms with van der Waals surface area (Å²) in [6, 6.07) is 11.3. The van der Waals surface area contributed by atoms with Gasteiger partial charge in [-0.3, -0.25) is 4.79 Å². The third-order valence-corrected chi connectivity index (χ3v) is 3.58. The van der Waals surface area contributed by atoms with Crippen LogP contribution < -0.4 is 11.2 Å². The van der Waals surface area contributed by atoms with Gasteiger partial charge in [-0.15, -0.1) is 4.99 Å². The summed E-state index contributed by atoms with van der Waals surface area (Å²) in [6.45, 7) is 0. The zero-order valence-electron chi connectivity index (χ0n) is 11.8. The standard InChI is InChI=1S/C15H13Cl2FN2O3/c16-11-8-12(17)13(18)7-10(11)15(21)20-14(22-23-19)6-9-4-2-1-3-5-9/h1-5,7-8,14H,6,19H2,(H,20,21)/t14-/m0/s1. The quantitative estimate of drug-likeness (QED) is 0.359. The molecule has 0 saturated carbocycles. The molecular formula is C15H13Cl2FN2O3. The van der Waals surface area contributed by atoms with Gasteiger partial charge in [-0.1, -0.05) is 53.5 Å². The van der Waals surface area contributed by atoms with Gasteiger partial charge in [-0.25, -0.2) is 4.39 Å². The zero-order valence-corrected chi connectivity index (χ0v) is 13.3. The number of halogens is 3. The molecule has 3 N–H and O–H groups in total. The molecule has 5 nitrogen and oxygen atoms in total. The Bertz CT molecular complexity index is 686. The van der Waals surface area contributed by atoms with Crippen molar-refractivity contribution in [2.75, 3.05) is 0 Å². The minimum atomic E-state index is -0.885. The van der Waals surface area contributed by atoms with Gasteiger partial charge in [0.05, 0.1) is 15.6 Å². The summed E-state index contributed by atoms with van der Waals surface area (Å²) >= 11 is 11.5. The average molecular weight is 359 g/mol. The fourth-order valence-electron chi connectivity index (χ4n) is 1.92. The minimum Gasteiger partial charge on any atom is -0.324 e. The second kappa shape index (κ2) is 8.24. The average Bonchev–Trinajstić information content (AvgIpc) is 2.52. The van der Waals surface area contributed by atoms with E-state index in [1.807, 2.05) is 30.3 Å². The molecule has 2 aromatic carbocycles. The molecule has 8 heteroatoms. The molecule has 0 fully saturated rings. The van der Waals surface area contributed by atoms with E-state index in [-0.39, 0.29) is 22.0 Å². The van der Waals surface area contributed by atoms with Crippen LogP contribution in [0.4, 0.5) is 4.39 Å². The Morgan fingerprint density at radius 3 is 2.57 bits per heavy atom. The molecule has 0 spiro atoms. The summed E-state index contributed by atoms with van der Waals surface area (Å²) in [5, 5.41) is 2.35. The summed E-state index contributed by atoms with van der Waals surface area (Å²) in [7, 11) is 0. The molecule has 0 heterocycles. The summed E-state index contributed by atoms with van der Waals surface area (Å²) in [4.78, 5) is 21.2. The molecule has 0 saturated heterocycles. The van der Waals surface area contributed by atoms with E-state index in [9.17, 15) is 9.18 Å². The lowest BCUT2D eigenvalue weighted by Gasteiger charge is -2.17. The normalized spacial score (nSPS) is 12.0. The van der Waals surface area contributed by atoms with E-state index in [0.717, 1.165) is 17.7 Å². The third-order valence-electron chi connectivity index (χ3n) is 2.98. The first-order valence-corrected chi connectivity index (χ1v) is 7.28. The molecular weight excluding hydrogens is 346 g/mol. The number of amides is 1. The van der Waals surface area contributed by atoms with Crippen molar-refractivity contribution in [1.82, 2.24) is 5.32 Å². The first-order valence-electron chi connectivity index (χ1n) is 6.53. The number of carbonyl (C=O) groups excluding carboxylic acids is 1. The van der Waals surface area contributed by atoms with E-state index in [2.05, 4.69) is 10.3 Å². The van der Waals surface area contributed by atoms with E-state index >= 15 is 0 Å². The maximum atomic E-state index is 13.5. The lowest BCUT2D eigenvalue weighted by molar-refractivity contribution is -0.332. The largest absolute Gasteiger partial charge is 0.324 e. The Balaban J connectivity index is 2.13. The number of carbonyl (C=O) groups is 1. The molecule has 0 unspecified atom stereocenters. The Morgan fingerprint density at radius 1 is 1.22 bits per heavy atom. The summed E-state index contributed by atoms with van der Waals surface area (Å²) in [5.74, 6) is 3.49. The SMILES string of the molecule is NOO[C@@H](Cc1ccccc1)NC(=O)c1cc(F)c(Cl)cc1Cl. The van der Waals surface area contributed by atoms with E-state index in [1.54, 1.807) is 0 Å². The number of nitrogens with two attached hydrogens (primary N) is 1. The van der Waals surface area contributed by atoms with Gasteiger partial charge in [0.2, 0.25) is 0 Å². The molecule has 2 aromatic rings. The monoisotopic (exact) mass is 358 g/mol. The van der Waals surface area contributed by atoms with Crippen LogP contribution in [0, 0.1) is 5.82 Å². The number of nitrogens with one attached hydrogen (secondary N) is 1. The summed E-state index contributed by atoms with van der Waals surface area (Å²) in [6.07, 6.45) is -0.595. The highest BCUT2D eigenvalue weighted by molar-refractivity contribution is 6.36. The minimum absolute atomic E-state index is 0.0148. The van der Waals surface area contributed by atoms with Crippen LogP contribution in [0.25, 0.3) is 0 Å². The highest BCUT2D eigenvalue weighted by Gasteiger charge is 2.19. The third kappa shape index (κ3) is 4.89. The first kappa shape index (κ1) is 17.7. The van der Waals surface area contributed by atoms with Crippen molar-refractivity contribution in [2.24, 2.45) is 5.90 Å². The van der Waals surface area contributed by atoms with E-state index in [1.165, 1.54) is 0 Å². The molecule has 1 atom stereocenters. The highest BCUT2D eigenvalue weighted by atomic mass is 35.5. The molecule has 0 aromatic heterocycles. The second-order valence-corrected chi connectivity index (χ2v) is 5.40. The van der Waals surface area contributed by atoms with Gasteiger partial charge in [0, 0.05) is 6.42 Å². The number of hydrogen-bond acceptors (Lipinski definition) is 4. The highest BCUT2D eigenvalue weighted by Crippen LogP contribution is 2.24. The Labute approximate surface area is 142 Å². The predicted molar refractivity (Wildman–Crippen MR) is 84.2 cm³/mol. The molecule has 2 rings (SSSR count). The van der Waals surface area contributed by atoms with Crippen LogP contribution in [-0.2, 0) is 16.3 Å². The topological polar surface area (TPSA) is 73.6 Å². The van der Waals surface area contributed by atoms with E-state index in [4.69, 9.17) is 34.0 Å². The van der Waals surface area contributed by atoms with Crippen LogP contribution in [0.1, 0.15) is 15.9 Å². The van der Waals surface area contributed by atoms with Crippen molar-refractivity contribution in [2.45, 2.75) is 12.6 Å². The Morgan fingerprint density at radius 2 is 1.91 bits per heavy atom. The van der Waals surface area contributed by atoms with Crippen LogP contribution in [0.15, 0.2) is 42.5 Å². The van der Waals surface area contributed by atoms with E-state index < -0.39 is 18.0 Å². The van der Waals surface area contributed by atoms with Gasteiger partial charge >= 0.3 is 0 Å². The first-order chi connectivity index (χ1) is 11.0. The Kier molecular flexibility index (Phi) is 6.32. The van der Waals surface area contributed by atoms with Crippen LogP contribution >= 0.6 is 23.2 Å². The molecule has 0 aliphatic carbocycles. The van der Waals surface area contributed by atoms with Gasteiger partial charge < -0.3 is 5.32 Å². The van der Waals surface area contributed by atoms with Crippen molar-refractivity contribution < 1.29 is 19.1 Å². The van der Waals surface area contributed by atoms with Crippen molar-refractivity contribution >= 4 is 29.1 Å². The van der Waals surface area contributed by atoms with Crippen molar-refractivity contribution in [3.8, 4) is 0 Å². The molecule has 23 heavy (non-hydrogen) atoms. The maximum absolute atomic E-state index is 13.5. The molecule has 0 bridgehead atoms. The molecule has 0 aliphatic rings. The lowest BCUT2D eigenvalue weighted by atomic mass is 10.1. The van der Waals surface area contributed by atoms with Crippen molar-refractivity contribution in [3.63, 3.8) is 0 Å². The van der Waals surface area contributed by atoms with Crippen LogP contribution in [0.3, 0.4) is 0 Å². The van der Waals surface area contributed by atoms with Gasteiger partial charge in [-0.2, -0.15) is 10.8 Å². The van der Waals surface area contributed by atoms with Gasteiger partial charge in [-0.05, 0) is 17.7 Å². The van der Waals surface area contributed by atoms with Gasteiger partial charge in [0.25, 0.3) is 5.91 Å². The van der Waals surface area contributed by atoms with Crippen molar-refractivity contribution in [1.29, 1.82) is 0 Å². The maximum Gasteiger partial charge on any atom is 0.254 e. The van der Waals surface area contributed by atoms with Crippen molar-refractivity contribution in [3.05, 3.63) is 69.5 Å². The van der Waals surface area contributed by atoms with Gasteiger partial charge in [0.1, 0.15) is 5.82 Å². The summed E-state index contributed by atoms with van der Waals surface area (Å²) in [5.41, 5.74) is 0.801.